The first-order chi connectivity index (χ1) is 9.58. The maximum absolute atomic E-state index is 12.0. The van der Waals surface area contributed by atoms with Crippen LogP contribution in [0.15, 0.2) is 24.3 Å². The van der Waals surface area contributed by atoms with Crippen LogP contribution in [0.2, 0.25) is 0 Å². The Bertz CT molecular complexity index is 467. The number of nitrogens with zero attached hydrogens (tertiary/aromatic N) is 1. The second kappa shape index (κ2) is 6.54. The van der Waals surface area contributed by atoms with Gasteiger partial charge in [-0.25, -0.2) is 13.6 Å². The van der Waals surface area contributed by atoms with Gasteiger partial charge in [-0.3, -0.25) is 0 Å². The predicted octanol–water partition coefficient (Wildman–Crippen LogP) is 2.00. The van der Waals surface area contributed by atoms with Gasteiger partial charge in [0.15, 0.2) is 0 Å². The number of rotatable bonds is 5. The van der Waals surface area contributed by atoms with Crippen LogP contribution >= 0.6 is 0 Å². The van der Waals surface area contributed by atoms with Gasteiger partial charge in [-0.2, -0.15) is 0 Å². The third-order valence-corrected chi connectivity index (χ3v) is 3.43. The lowest BCUT2D eigenvalue weighted by atomic mass is 10.2. The molecule has 0 saturated carbocycles. The first-order valence-electron chi connectivity index (χ1n) is 6.72. The summed E-state index contributed by atoms with van der Waals surface area (Å²) in [6.45, 7) is 2.73. The number of urea groups is 1. The fraction of sp³-hybridized carbons (Fsp3) is 0.500. The van der Waals surface area contributed by atoms with E-state index in [1.165, 1.54) is 11.3 Å². The van der Waals surface area contributed by atoms with Crippen molar-refractivity contribution in [3.63, 3.8) is 0 Å². The van der Waals surface area contributed by atoms with Gasteiger partial charge in [-0.05, 0) is 25.0 Å². The van der Waals surface area contributed by atoms with Crippen molar-refractivity contribution in [3.8, 4) is 0 Å². The van der Waals surface area contributed by atoms with Gasteiger partial charge < -0.3 is 15.5 Å². The SMILES string of the molecule is CC(CNC(=O)NCC(F)F)N1CCc2ccccc21. The molecule has 0 saturated heterocycles. The van der Waals surface area contributed by atoms with Crippen LogP contribution in [0, 0.1) is 0 Å². The number of carbonyl (C=O) groups is 1. The quantitative estimate of drug-likeness (QED) is 0.868. The smallest absolute Gasteiger partial charge is 0.315 e. The van der Waals surface area contributed by atoms with Gasteiger partial charge in [0, 0.05) is 24.8 Å². The zero-order valence-electron chi connectivity index (χ0n) is 11.4. The molecule has 110 valence electrons. The van der Waals surface area contributed by atoms with Crippen LogP contribution < -0.4 is 15.5 Å². The molecule has 2 rings (SSSR count). The van der Waals surface area contributed by atoms with Crippen molar-refractivity contribution in [1.29, 1.82) is 0 Å². The molecule has 20 heavy (non-hydrogen) atoms. The van der Waals surface area contributed by atoms with Crippen molar-refractivity contribution in [2.75, 3.05) is 24.5 Å². The molecule has 1 heterocycles. The second-order valence-corrected chi connectivity index (χ2v) is 4.90. The lowest BCUT2D eigenvalue weighted by Gasteiger charge is -2.27. The van der Waals surface area contributed by atoms with Crippen LogP contribution in [0.1, 0.15) is 12.5 Å². The third kappa shape index (κ3) is 3.59. The van der Waals surface area contributed by atoms with E-state index < -0.39 is 19.0 Å². The number of amides is 2. The highest BCUT2D eigenvalue weighted by molar-refractivity contribution is 5.74. The normalized spacial score (nSPS) is 15.1. The highest BCUT2D eigenvalue weighted by atomic mass is 19.3. The first-order valence-corrected chi connectivity index (χ1v) is 6.72. The van der Waals surface area contributed by atoms with Crippen molar-refractivity contribution in [1.82, 2.24) is 10.6 Å². The molecule has 1 unspecified atom stereocenters. The summed E-state index contributed by atoms with van der Waals surface area (Å²) in [7, 11) is 0. The topological polar surface area (TPSA) is 44.4 Å². The van der Waals surface area contributed by atoms with E-state index in [4.69, 9.17) is 0 Å². The molecule has 4 nitrogen and oxygen atoms in total. The van der Waals surface area contributed by atoms with Crippen molar-refractivity contribution in [2.24, 2.45) is 0 Å². The van der Waals surface area contributed by atoms with E-state index in [-0.39, 0.29) is 6.04 Å². The number of carbonyl (C=O) groups excluding carboxylic acids is 1. The molecule has 0 bridgehead atoms. The van der Waals surface area contributed by atoms with Crippen molar-refractivity contribution in [2.45, 2.75) is 25.8 Å². The van der Waals surface area contributed by atoms with Gasteiger partial charge in [0.05, 0.1) is 6.54 Å². The summed E-state index contributed by atoms with van der Waals surface area (Å²) in [6.07, 6.45) is -1.53. The minimum absolute atomic E-state index is 0.121. The number of hydrogen-bond donors (Lipinski definition) is 2. The Morgan fingerprint density at radius 1 is 1.30 bits per heavy atom. The van der Waals surface area contributed by atoms with Crippen LogP contribution in [0.3, 0.4) is 0 Å². The first kappa shape index (κ1) is 14.6. The maximum Gasteiger partial charge on any atom is 0.315 e. The summed E-state index contributed by atoms with van der Waals surface area (Å²) in [5, 5.41) is 4.75. The summed E-state index contributed by atoms with van der Waals surface area (Å²) in [4.78, 5) is 13.6. The van der Waals surface area contributed by atoms with Crippen LogP contribution in [0.4, 0.5) is 19.3 Å². The summed E-state index contributed by atoms with van der Waals surface area (Å²) < 4.78 is 23.9. The molecule has 1 atom stereocenters. The van der Waals surface area contributed by atoms with Crippen LogP contribution in [-0.2, 0) is 6.42 Å². The van der Waals surface area contributed by atoms with Gasteiger partial charge in [-0.15, -0.1) is 0 Å². The molecule has 1 aliphatic rings. The molecule has 1 aliphatic heterocycles. The average Bonchev–Trinajstić information content (AvgIpc) is 2.86. The second-order valence-electron chi connectivity index (χ2n) is 4.90. The number of anilines is 1. The number of alkyl halides is 2. The largest absolute Gasteiger partial charge is 0.366 e. The Kier molecular flexibility index (Phi) is 4.76. The molecule has 0 radical (unpaired) electrons. The molecule has 6 heteroatoms. The Morgan fingerprint density at radius 2 is 2.00 bits per heavy atom. The van der Waals surface area contributed by atoms with E-state index in [9.17, 15) is 13.6 Å². The Labute approximate surface area is 117 Å². The van der Waals surface area contributed by atoms with E-state index >= 15 is 0 Å². The van der Waals surface area contributed by atoms with Crippen LogP contribution in [-0.4, -0.2) is 38.1 Å². The fourth-order valence-electron chi connectivity index (χ4n) is 2.40. The fourth-order valence-corrected chi connectivity index (χ4v) is 2.40. The summed E-state index contributed by atoms with van der Waals surface area (Å²) in [5.74, 6) is 0. The highest BCUT2D eigenvalue weighted by Gasteiger charge is 2.23. The molecular weight excluding hydrogens is 264 g/mol. The van der Waals surface area contributed by atoms with Gasteiger partial charge in [0.25, 0.3) is 6.43 Å². The third-order valence-electron chi connectivity index (χ3n) is 3.43. The number of benzene rings is 1. The molecule has 0 aromatic heterocycles. The molecule has 2 N–H and O–H groups in total. The minimum atomic E-state index is -2.52. The number of hydrogen-bond acceptors (Lipinski definition) is 2. The van der Waals surface area contributed by atoms with Gasteiger partial charge >= 0.3 is 6.03 Å². The van der Waals surface area contributed by atoms with Gasteiger partial charge in [0.1, 0.15) is 0 Å². The molecule has 0 aliphatic carbocycles. The predicted molar refractivity (Wildman–Crippen MR) is 74.4 cm³/mol. The molecular formula is C14H19F2N3O. The summed E-state index contributed by atoms with van der Waals surface area (Å²) in [5.41, 5.74) is 2.50. The van der Waals surface area contributed by atoms with Crippen molar-refractivity contribution in [3.05, 3.63) is 29.8 Å². The molecule has 1 aromatic rings. The molecule has 2 amide bonds. The van der Waals surface area contributed by atoms with E-state index in [1.807, 2.05) is 19.1 Å². The van der Waals surface area contributed by atoms with Gasteiger partial charge in [0.2, 0.25) is 0 Å². The van der Waals surface area contributed by atoms with Gasteiger partial charge in [-0.1, -0.05) is 18.2 Å². The zero-order chi connectivity index (χ0) is 14.5. The lowest BCUT2D eigenvalue weighted by Crippen LogP contribution is -2.45. The minimum Gasteiger partial charge on any atom is -0.366 e. The maximum atomic E-state index is 12.0. The van der Waals surface area contributed by atoms with E-state index in [0.29, 0.717) is 6.54 Å². The summed E-state index contributed by atoms with van der Waals surface area (Å²) in [6, 6.07) is 7.75. The Morgan fingerprint density at radius 3 is 2.75 bits per heavy atom. The number of fused-ring (bicyclic) bond motifs is 1. The lowest BCUT2D eigenvalue weighted by molar-refractivity contribution is 0.146. The van der Waals surface area contributed by atoms with E-state index in [0.717, 1.165) is 13.0 Å². The summed E-state index contributed by atoms with van der Waals surface area (Å²) >= 11 is 0. The Hall–Kier alpha value is -1.85. The zero-order valence-corrected chi connectivity index (χ0v) is 11.4. The highest BCUT2D eigenvalue weighted by Crippen LogP contribution is 2.28. The Balaban J connectivity index is 1.81. The van der Waals surface area contributed by atoms with Crippen molar-refractivity contribution >= 4 is 11.7 Å². The average molecular weight is 283 g/mol. The molecule has 0 spiro atoms. The van der Waals surface area contributed by atoms with E-state index in [2.05, 4.69) is 27.7 Å². The number of nitrogens with one attached hydrogen (secondary N) is 2. The molecule has 0 fully saturated rings. The van der Waals surface area contributed by atoms with Crippen LogP contribution in [0.5, 0.6) is 0 Å². The molecule has 1 aromatic carbocycles. The monoisotopic (exact) mass is 283 g/mol. The van der Waals surface area contributed by atoms with Crippen LogP contribution in [0.25, 0.3) is 0 Å². The number of halogens is 2. The van der Waals surface area contributed by atoms with E-state index in [1.54, 1.807) is 0 Å². The number of para-hydroxylation sites is 1. The standard InChI is InChI=1S/C14H19F2N3O/c1-10(8-17-14(20)18-9-13(15)16)19-7-6-11-4-2-3-5-12(11)19/h2-5,10,13H,6-9H2,1H3,(H2,17,18,20). The van der Waals surface area contributed by atoms with Crippen molar-refractivity contribution < 1.29 is 13.6 Å².